The van der Waals surface area contributed by atoms with Crippen molar-refractivity contribution in [2.24, 2.45) is 0 Å². The number of halogens is 2. The van der Waals surface area contributed by atoms with E-state index in [1.807, 2.05) is 6.92 Å². The van der Waals surface area contributed by atoms with Gasteiger partial charge in [0.1, 0.15) is 11.6 Å². The van der Waals surface area contributed by atoms with E-state index in [0.717, 1.165) is 31.0 Å². The van der Waals surface area contributed by atoms with E-state index in [2.05, 4.69) is 10.6 Å². The van der Waals surface area contributed by atoms with Crippen molar-refractivity contribution >= 4 is 11.7 Å². The minimum absolute atomic E-state index is 0.158. The molecule has 3 nitrogen and oxygen atoms in total. The van der Waals surface area contributed by atoms with Crippen LogP contribution in [0.3, 0.4) is 0 Å². The van der Waals surface area contributed by atoms with E-state index in [0.29, 0.717) is 6.54 Å². The lowest BCUT2D eigenvalue weighted by Gasteiger charge is -2.07. The van der Waals surface area contributed by atoms with Crippen LogP contribution in [0.25, 0.3) is 0 Å². The molecule has 2 amide bonds. The fourth-order valence-electron chi connectivity index (χ4n) is 1.14. The molecule has 0 aromatic heterocycles. The third kappa shape index (κ3) is 3.84. The molecule has 0 bridgehead atoms. The highest BCUT2D eigenvalue weighted by Gasteiger charge is 2.06. The second-order valence-corrected chi connectivity index (χ2v) is 3.36. The smallest absolute Gasteiger partial charge is 0.319 e. The number of nitrogens with one attached hydrogen (secondary N) is 2. The summed E-state index contributed by atoms with van der Waals surface area (Å²) in [6.45, 7) is 2.51. The molecule has 16 heavy (non-hydrogen) atoms. The first-order valence-electron chi connectivity index (χ1n) is 5.13. The van der Waals surface area contributed by atoms with E-state index in [-0.39, 0.29) is 5.69 Å². The molecular weight excluding hydrogens is 214 g/mol. The van der Waals surface area contributed by atoms with Crippen LogP contribution in [0, 0.1) is 11.6 Å². The van der Waals surface area contributed by atoms with Crippen LogP contribution in [0.15, 0.2) is 18.2 Å². The minimum Gasteiger partial charge on any atom is -0.338 e. The zero-order valence-electron chi connectivity index (χ0n) is 9.02. The lowest BCUT2D eigenvalue weighted by Crippen LogP contribution is -2.29. The Morgan fingerprint density at radius 3 is 2.81 bits per heavy atom. The highest BCUT2D eigenvalue weighted by molar-refractivity contribution is 5.89. The Kier molecular flexibility index (Phi) is 4.69. The highest BCUT2D eigenvalue weighted by atomic mass is 19.1. The number of anilines is 1. The van der Waals surface area contributed by atoms with Crippen LogP contribution in [-0.4, -0.2) is 12.6 Å². The monoisotopic (exact) mass is 228 g/mol. The van der Waals surface area contributed by atoms with Gasteiger partial charge in [0.25, 0.3) is 0 Å². The molecule has 5 heteroatoms. The van der Waals surface area contributed by atoms with Crippen LogP contribution >= 0.6 is 0 Å². The Morgan fingerprint density at radius 1 is 1.38 bits per heavy atom. The Morgan fingerprint density at radius 2 is 2.12 bits per heavy atom. The summed E-state index contributed by atoms with van der Waals surface area (Å²) >= 11 is 0. The molecule has 0 radical (unpaired) electrons. The number of unbranched alkanes of at least 4 members (excludes halogenated alkanes) is 1. The largest absolute Gasteiger partial charge is 0.338 e. The maximum absolute atomic E-state index is 13.1. The van der Waals surface area contributed by atoms with Gasteiger partial charge in [-0.25, -0.2) is 13.6 Å². The SMILES string of the molecule is CCCCNC(=O)Nc1cc(F)ccc1F. The molecule has 0 fully saturated rings. The zero-order chi connectivity index (χ0) is 12.0. The average Bonchev–Trinajstić information content (AvgIpc) is 2.24. The minimum atomic E-state index is -0.660. The normalized spacial score (nSPS) is 9.94. The van der Waals surface area contributed by atoms with Gasteiger partial charge in [-0.3, -0.25) is 0 Å². The number of rotatable bonds is 4. The number of carbonyl (C=O) groups is 1. The topological polar surface area (TPSA) is 41.1 Å². The molecule has 1 aromatic rings. The van der Waals surface area contributed by atoms with Crippen LogP contribution in [0.4, 0.5) is 19.3 Å². The standard InChI is InChI=1S/C11H14F2N2O/c1-2-3-6-14-11(16)15-10-7-8(12)4-5-9(10)13/h4-5,7H,2-3,6H2,1H3,(H2,14,15,16). The van der Waals surface area contributed by atoms with E-state index in [4.69, 9.17) is 0 Å². The molecule has 0 aliphatic carbocycles. The third-order valence-electron chi connectivity index (χ3n) is 1.99. The second kappa shape index (κ2) is 6.05. The molecule has 0 unspecified atom stereocenters. The van der Waals surface area contributed by atoms with Gasteiger partial charge in [-0.1, -0.05) is 13.3 Å². The van der Waals surface area contributed by atoms with Gasteiger partial charge in [0.2, 0.25) is 0 Å². The average molecular weight is 228 g/mol. The summed E-state index contributed by atoms with van der Waals surface area (Å²) in [5.41, 5.74) is -0.158. The molecule has 1 aromatic carbocycles. The Balaban J connectivity index is 2.52. The number of hydrogen-bond donors (Lipinski definition) is 2. The van der Waals surface area contributed by atoms with Gasteiger partial charge in [-0.2, -0.15) is 0 Å². The number of hydrogen-bond acceptors (Lipinski definition) is 1. The van der Waals surface area contributed by atoms with Crippen LogP contribution in [0.1, 0.15) is 19.8 Å². The lowest BCUT2D eigenvalue weighted by molar-refractivity contribution is 0.252. The first-order chi connectivity index (χ1) is 7.63. The second-order valence-electron chi connectivity index (χ2n) is 3.36. The van der Waals surface area contributed by atoms with Crippen molar-refractivity contribution in [3.63, 3.8) is 0 Å². The summed E-state index contributed by atoms with van der Waals surface area (Å²) in [7, 11) is 0. The molecule has 0 spiro atoms. The molecule has 1 rings (SSSR count). The molecule has 88 valence electrons. The molecule has 2 N–H and O–H groups in total. The molecule has 0 saturated carbocycles. The molecule has 0 atom stereocenters. The Labute approximate surface area is 92.8 Å². The first kappa shape index (κ1) is 12.4. The van der Waals surface area contributed by atoms with Gasteiger partial charge in [-0.05, 0) is 18.6 Å². The first-order valence-corrected chi connectivity index (χ1v) is 5.13. The van der Waals surface area contributed by atoms with Crippen molar-refractivity contribution in [3.8, 4) is 0 Å². The van der Waals surface area contributed by atoms with Gasteiger partial charge < -0.3 is 10.6 Å². The molecule has 0 heterocycles. The van der Waals surface area contributed by atoms with E-state index >= 15 is 0 Å². The van der Waals surface area contributed by atoms with Gasteiger partial charge in [0.15, 0.2) is 0 Å². The van der Waals surface area contributed by atoms with Crippen molar-refractivity contribution in [2.45, 2.75) is 19.8 Å². The summed E-state index contributed by atoms with van der Waals surface area (Å²) < 4.78 is 25.9. The van der Waals surface area contributed by atoms with Crippen molar-refractivity contribution in [1.82, 2.24) is 5.32 Å². The number of urea groups is 1. The van der Waals surface area contributed by atoms with Gasteiger partial charge in [0.05, 0.1) is 5.69 Å². The summed E-state index contributed by atoms with van der Waals surface area (Å²) in [6.07, 6.45) is 1.80. The van der Waals surface area contributed by atoms with Crippen molar-refractivity contribution in [1.29, 1.82) is 0 Å². The maximum atomic E-state index is 13.1. The predicted molar refractivity (Wildman–Crippen MR) is 58.3 cm³/mol. The van der Waals surface area contributed by atoms with Gasteiger partial charge >= 0.3 is 6.03 Å². The van der Waals surface area contributed by atoms with E-state index in [9.17, 15) is 13.6 Å². The van der Waals surface area contributed by atoms with E-state index < -0.39 is 17.7 Å². The van der Waals surface area contributed by atoms with Crippen LogP contribution < -0.4 is 10.6 Å². The molecule has 0 aliphatic rings. The van der Waals surface area contributed by atoms with Gasteiger partial charge in [0, 0.05) is 12.6 Å². The summed E-state index contributed by atoms with van der Waals surface area (Å²) in [6, 6.07) is 2.37. The molecule has 0 saturated heterocycles. The third-order valence-corrected chi connectivity index (χ3v) is 1.99. The quantitative estimate of drug-likeness (QED) is 0.764. The lowest BCUT2D eigenvalue weighted by atomic mass is 10.3. The van der Waals surface area contributed by atoms with Crippen LogP contribution in [0.2, 0.25) is 0 Å². The predicted octanol–water partition coefficient (Wildman–Crippen LogP) is 2.89. The van der Waals surface area contributed by atoms with Crippen molar-refractivity contribution < 1.29 is 13.6 Å². The van der Waals surface area contributed by atoms with Crippen molar-refractivity contribution in [3.05, 3.63) is 29.8 Å². The number of carbonyl (C=O) groups excluding carboxylic acids is 1. The van der Waals surface area contributed by atoms with Crippen molar-refractivity contribution in [2.75, 3.05) is 11.9 Å². The van der Waals surface area contributed by atoms with E-state index in [1.54, 1.807) is 0 Å². The molecule has 0 aliphatic heterocycles. The Bertz CT molecular complexity index is 369. The summed E-state index contributed by atoms with van der Waals surface area (Å²) in [5, 5.41) is 4.78. The van der Waals surface area contributed by atoms with Crippen LogP contribution in [-0.2, 0) is 0 Å². The summed E-state index contributed by atoms with van der Waals surface area (Å²) in [4.78, 5) is 11.2. The van der Waals surface area contributed by atoms with Crippen LogP contribution in [0.5, 0.6) is 0 Å². The number of amides is 2. The molecular formula is C11H14F2N2O. The van der Waals surface area contributed by atoms with E-state index in [1.165, 1.54) is 0 Å². The maximum Gasteiger partial charge on any atom is 0.319 e. The zero-order valence-corrected chi connectivity index (χ0v) is 9.02. The Hall–Kier alpha value is -1.65. The fraction of sp³-hybridized carbons (Fsp3) is 0.364. The summed E-state index contributed by atoms with van der Waals surface area (Å²) in [5.74, 6) is -1.25. The fourth-order valence-corrected chi connectivity index (χ4v) is 1.14. The highest BCUT2D eigenvalue weighted by Crippen LogP contribution is 2.14. The number of benzene rings is 1. The van der Waals surface area contributed by atoms with Gasteiger partial charge in [-0.15, -0.1) is 0 Å².